The van der Waals surface area contributed by atoms with Gasteiger partial charge in [-0.1, -0.05) is 66.2 Å². The molecule has 0 N–H and O–H groups in total. The van der Waals surface area contributed by atoms with Crippen LogP contribution in [0.2, 0.25) is 5.02 Å². The summed E-state index contributed by atoms with van der Waals surface area (Å²) in [6.45, 7) is 0. The summed E-state index contributed by atoms with van der Waals surface area (Å²) in [7, 11) is 0. The number of benzene rings is 3. The van der Waals surface area contributed by atoms with Crippen molar-refractivity contribution in [1.82, 2.24) is 4.90 Å². The van der Waals surface area contributed by atoms with Gasteiger partial charge in [-0.15, -0.1) is 0 Å². The van der Waals surface area contributed by atoms with Crippen LogP contribution in [-0.2, 0) is 9.59 Å². The zero-order chi connectivity index (χ0) is 25.7. The Labute approximate surface area is 218 Å². The lowest BCUT2D eigenvalue weighted by molar-refractivity contribution is -0.123. The Morgan fingerprint density at radius 2 is 1.35 bits per heavy atom. The van der Waals surface area contributed by atoms with Crippen molar-refractivity contribution in [3.05, 3.63) is 125 Å². The molecule has 3 aromatic rings. The summed E-state index contributed by atoms with van der Waals surface area (Å²) in [5, 5.41) is 0.492. The van der Waals surface area contributed by atoms with E-state index < -0.39 is 29.8 Å². The molecule has 3 aliphatic heterocycles. The van der Waals surface area contributed by atoms with Crippen LogP contribution in [0.25, 0.3) is 0 Å². The Morgan fingerprint density at radius 1 is 0.730 bits per heavy atom. The number of hydrogen-bond acceptors (Lipinski definition) is 5. The SMILES string of the molecule is O=C(C1=C[C@@H]2[C@@H]3C(=O)N(c4ccccc4)C(=O)[C@H]3[C@@H](C(=O)c3ccc(Cl)cc3)N2C=C1)c1ccccc1. The molecule has 6 rings (SSSR count). The van der Waals surface area contributed by atoms with E-state index in [2.05, 4.69) is 0 Å². The van der Waals surface area contributed by atoms with E-state index in [0.717, 1.165) is 0 Å². The Kier molecular flexibility index (Phi) is 5.61. The molecule has 7 heteroatoms. The number of rotatable bonds is 5. The standard InChI is InChI=1S/C30H21ClN2O4/c31-21-13-11-19(12-14-21)28(35)26-25-24(29(36)33(30(25)37)22-9-5-2-6-10-22)23-17-20(15-16-32(23)26)27(34)18-7-3-1-4-8-18/h1-17,23-26H/t23-,24+,25-,26+/m1/s1. The molecule has 4 atom stereocenters. The molecule has 0 saturated carbocycles. The predicted octanol–water partition coefficient (Wildman–Crippen LogP) is 4.72. The summed E-state index contributed by atoms with van der Waals surface area (Å²) in [6, 6.07) is 22.6. The van der Waals surface area contributed by atoms with E-state index in [1.54, 1.807) is 102 Å². The normalized spacial score (nSPS) is 24.1. The highest BCUT2D eigenvalue weighted by molar-refractivity contribution is 6.30. The van der Waals surface area contributed by atoms with Gasteiger partial charge >= 0.3 is 0 Å². The van der Waals surface area contributed by atoms with Crippen molar-refractivity contribution in [3.63, 3.8) is 0 Å². The first-order valence-corrected chi connectivity index (χ1v) is 12.3. The Balaban J connectivity index is 1.43. The number of Topliss-reactive ketones (excluding diaryl/α,β-unsaturated/α-hetero) is 2. The van der Waals surface area contributed by atoms with Crippen molar-refractivity contribution >= 4 is 40.7 Å². The second-order valence-electron chi connectivity index (χ2n) is 9.29. The van der Waals surface area contributed by atoms with E-state index in [0.29, 0.717) is 27.4 Å². The molecule has 2 amide bonds. The van der Waals surface area contributed by atoms with Gasteiger partial charge in [-0.3, -0.25) is 19.2 Å². The molecule has 0 radical (unpaired) electrons. The number of fused-ring (bicyclic) bond motifs is 3. The molecule has 3 heterocycles. The van der Waals surface area contributed by atoms with Crippen LogP contribution in [0, 0.1) is 11.8 Å². The largest absolute Gasteiger partial charge is 0.359 e. The van der Waals surface area contributed by atoms with Crippen LogP contribution in [0.5, 0.6) is 0 Å². The first-order valence-electron chi connectivity index (χ1n) is 12.0. The smallest absolute Gasteiger partial charge is 0.240 e. The Morgan fingerprint density at radius 3 is 2.03 bits per heavy atom. The number of amides is 2. The van der Waals surface area contributed by atoms with Gasteiger partial charge in [0.2, 0.25) is 11.8 Å². The topological polar surface area (TPSA) is 74.8 Å². The third-order valence-electron chi connectivity index (χ3n) is 7.26. The van der Waals surface area contributed by atoms with Crippen LogP contribution in [0.15, 0.2) is 109 Å². The first kappa shape index (κ1) is 23.1. The van der Waals surface area contributed by atoms with Gasteiger partial charge in [0.05, 0.1) is 23.6 Å². The number of allylic oxidation sites excluding steroid dienone is 2. The van der Waals surface area contributed by atoms with E-state index in [9.17, 15) is 19.2 Å². The molecule has 6 nitrogen and oxygen atoms in total. The van der Waals surface area contributed by atoms with Crippen LogP contribution in [-0.4, -0.2) is 40.4 Å². The van der Waals surface area contributed by atoms with Gasteiger partial charge in [-0.25, -0.2) is 4.90 Å². The fourth-order valence-electron chi connectivity index (χ4n) is 5.57. The third-order valence-corrected chi connectivity index (χ3v) is 7.51. The molecule has 0 aliphatic carbocycles. The fraction of sp³-hybridized carbons (Fsp3) is 0.133. The van der Waals surface area contributed by atoms with E-state index in [-0.39, 0.29) is 17.5 Å². The van der Waals surface area contributed by atoms with Crippen LogP contribution in [0.1, 0.15) is 20.7 Å². The van der Waals surface area contributed by atoms with Crippen molar-refractivity contribution < 1.29 is 19.2 Å². The molecule has 0 unspecified atom stereocenters. The van der Waals surface area contributed by atoms with E-state index in [1.807, 2.05) is 6.07 Å². The monoisotopic (exact) mass is 508 g/mol. The van der Waals surface area contributed by atoms with E-state index >= 15 is 0 Å². The maximum absolute atomic E-state index is 13.8. The number of para-hydroxylation sites is 1. The molecule has 3 aromatic carbocycles. The second kappa shape index (κ2) is 8.98. The maximum Gasteiger partial charge on any atom is 0.240 e. The molecule has 0 bridgehead atoms. The van der Waals surface area contributed by atoms with Crippen molar-refractivity contribution in [2.75, 3.05) is 4.90 Å². The fourth-order valence-corrected chi connectivity index (χ4v) is 5.70. The van der Waals surface area contributed by atoms with Gasteiger partial charge in [0.15, 0.2) is 11.6 Å². The van der Waals surface area contributed by atoms with Gasteiger partial charge in [-0.05, 0) is 42.5 Å². The molecule has 3 aliphatic rings. The lowest BCUT2D eigenvalue weighted by atomic mass is 9.85. The highest BCUT2D eigenvalue weighted by Gasteiger charge is 2.63. The van der Waals surface area contributed by atoms with Crippen LogP contribution >= 0.6 is 11.6 Å². The summed E-state index contributed by atoms with van der Waals surface area (Å²) in [5.41, 5.74) is 1.81. The highest BCUT2D eigenvalue weighted by atomic mass is 35.5. The minimum absolute atomic E-state index is 0.183. The van der Waals surface area contributed by atoms with Crippen LogP contribution in [0.3, 0.4) is 0 Å². The highest BCUT2D eigenvalue weighted by Crippen LogP contribution is 2.47. The molecule has 2 saturated heterocycles. The average Bonchev–Trinajstić information content (AvgIpc) is 3.40. The van der Waals surface area contributed by atoms with Gasteiger partial charge < -0.3 is 4.90 Å². The van der Waals surface area contributed by atoms with Gasteiger partial charge in [0, 0.05) is 27.9 Å². The number of ketones is 2. The van der Waals surface area contributed by atoms with Crippen molar-refractivity contribution in [3.8, 4) is 0 Å². The number of hydrogen-bond donors (Lipinski definition) is 0. The molecular weight excluding hydrogens is 488 g/mol. The number of imide groups is 1. The number of halogens is 1. The van der Waals surface area contributed by atoms with Gasteiger partial charge in [-0.2, -0.15) is 0 Å². The number of nitrogens with zero attached hydrogens (tertiary/aromatic N) is 2. The van der Waals surface area contributed by atoms with Crippen molar-refractivity contribution in [2.45, 2.75) is 12.1 Å². The van der Waals surface area contributed by atoms with Crippen molar-refractivity contribution in [1.29, 1.82) is 0 Å². The number of carbonyl (C=O) groups excluding carboxylic acids is 4. The minimum Gasteiger partial charge on any atom is -0.359 e. The lowest BCUT2D eigenvalue weighted by Gasteiger charge is -2.32. The molecule has 37 heavy (non-hydrogen) atoms. The van der Waals surface area contributed by atoms with E-state index in [4.69, 9.17) is 11.6 Å². The molecule has 0 aromatic heterocycles. The van der Waals surface area contributed by atoms with Crippen molar-refractivity contribution in [2.24, 2.45) is 11.8 Å². The summed E-state index contributed by atoms with van der Waals surface area (Å²) < 4.78 is 0. The molecule has 2 fully saturated rings. The van der Waals surface area contributed by atoms with E-state index in [1.165, 1.54) is 4.90 Å². The van der Waals surface area contributed by atoms with Gasteiger partial charge in [0.25, 0.3) is 0 Å². The predicted molar refractivity (Wildman–Crippen MR) is 139 cm³/mol. The van der Waals surface area contributed by atoms with Gasteiger partial charge in [0.1, 0.15) is 6.04 Å². The number of anilines is 1. The molecular formula is C30H21ClN2O4. The lowest BCUT2D eigenvalue weighted by Crippen LogP contribution is -2.46. The zero-order valence-electron chi connectivity index (χ0n) is 19.5. The Hall–Kier alpha value is -4.29. The molecule has 0 spiro atoms. The minimum atomic E-state index is -0.901. The Bertz CT molecular complexity index is 1480. The summed E-state index contributed by atoms with van der Waals surface area (Å²) in [6.07, 6.45) is 5.05. The quantitative estimate of drug-likeness (QED) is 0.368. The average molecular weight is 509 g/mol. The third kappa shape index (κ3) is 3.72. The zero-order valence-corrected chi connectivity index (χ0v) is 20.3. The summed E-state index contributed by atoms with van der Waals surface area (Å²) in [5.74, 6) is -2.95. The summed E-state index contributed by atoms with van der Waals surface area (Å²) in [4.78, 5) is 57.5. The first-order chi connectivity index (χ1) is 18.0. The van der Waals surface area contributed by atoms with Crippen LogP contribution < -0.4 is 4.90 Å². The summed E-state index contributed by atoms with van der Waals surface area (Å²) >= 11 is 6.02. The number of carbonyl (C=O) groups is 4. The maximum atomic E-state index is 13.8. The van der Waals surface area contributed by atoms with Crippen LogP contribution in [0.4, 0.5) is 5.69 Å². The second-order valence-corrected chi connectivity index (χ2v) is 9.72. The molecule has 182 valence electrons.